The fourth-order valence-corrected chi connectivity index (χ4v) is 12.2. The van der Waals surface area contributed by atoms with Crippen molar-refractivity contribution in [3.63, 3.8) is 0 Å². The third-order valence-corrected chi connectivity index (χ3v) is 15.1. The van der Waals surface area contributed by atoms with Crippen molar-refractivity contribution in [3.05, 3.63) is 199 Å². The molecule has 0 aliphatic carbocycles. The lowest BCUT2D eigenvalue weighted by atomic mass is 9.38. The normalized spacial score (nSPS) is 13.5. The molecule has 4 heteroatoms. The summed E-state index contributed by atoms with van der Waals surface area (Å²) in [7, 11) is -2.15. The maximum Gasteiger partial charge on any atom is 0.265 e. The standard InChI is InChI=1S/C49H37BN2Si/c1-53(2)45-24-15-22-39-41-32-42(48(33-16-5-3-6-17-33)44-23-11-13-28-51-44)37-21-10-9-20-36(37)40(41)31-43(49(39)45)38-27-26-35(30-46(38)53)50(34-18-7-4-8-19-34)47-25-12-14-29-52-47/h3-32,48H,1-2H3. The molecule has 0 radical (unpaired) electrons. The molecule has 0 N–H and O–H groups in total. The van der Waals surface area contributed by atoms with Crippen LogP contribution in [0.1, 0.15) is 22.7 Å². The first-order chi connectivity index (χ1) is 26.1. The van der Waals surface area contributed by atoms with E-state index in [1.54, 1.807) is 0 Å². The van der Waals surface area contributed by atoms with Crippen LogP contribution in [0.3, 0.4) is 0 Å². The zero-order chi connectivity index (χ0) is 35.5. The van der Waals surface area contributed by atoms with E-state index in [2.05, 4.69) is 171 Å². The first-order valence-electron chi connectivity index (χ1n) is 18.6. The van der Waals surface area contributed by atoms with E-state index < -0.39 is 8.07 Å². The summed E-state index contributed by atoms with van der Waals surface area (Å²) in [5, 5.41) is 10.9. The van der Waals surface area contributed by atoms with Crippen LogP contribution in [-0.4, -0.2) is 24.8 Å². The monoisotopic (exact) mass is 692 g/mol. The quantitative estimate of drug-likeness (QED) is 0.129. The van der Waals surface area contributed by atoms with Gasteiger partial charge >= 0.3 is 0 Å². The van der Waals surface area contributed by atoms with Crippen molar-refractivity contribution in [2.24, 2.45) is 0 Å². The second kappa shape index (κ2) is 12.5. The van der Waals surface area contributed by atoms with Gasteiger partial charge in [-0.25, -0.2) is 0 Å². The van der Waals surface area contributed by atoms with E-state index in [-0.39, 0.29) is 12.6 Å². The number of benzene rings is 7. The Morgan fingerprint density at radius 1 is 0.472 bits per heavy atom. The Morgan fingerprint density at radius 3 is 1.91 bits per heavy atom. The van der Waals surface area contributed by atoms with Crippen molar-refractivity contribution in [2.75, 3.05) is 0 Å². The number of nitrogens with zero attached hydrogens (tertiary/aromatic N) is 2. The largest absolute Gasteiger partial charge is 0.270 e. The minimum atomic E-state index is -2.15. The second-order valence-corrected chi connectivity index (χ2v) is 19.2. The minimum Gasteiger partial charge on any atom is -0.270 e. The fourth-order valence-electron chi connectivity index (χ4n) is 9.13. The molecule has 3 heterocycles. The summed E-state index contributed by atoms with van der Waals surface area (Å²) in [6.07, 6.45) is 3.83. The van der Waals surface area contributed by atoms with Crippen LogP contribution in [-0.2, 0) is 0 Å². The van der Waals surface area contributed by atoms with Gasteiger partial charge in [-0.1, -0.05) is 157 Å². The summed E-state index contributed by atoms with van der Waals surface area (Å²) in [4.78, 5) is 9.81. The molecule has 2 aromatic heterocycles. The van der Waals surface area contributed by atoms with Crippen molar-refractivity contribution >= 4 is 74.0 Å². The lowest BCUT2D eigenvalue weighted by Gasteiger charge is -2.35. The smallest absolute Gasteiger partial charge is 0.265 e. The van der Waals surface area contributed by atoms with E-state index in [1.165, 1.54) is 75.9 Å². The van der Waals surface area contributed by atoms with Gasteiger partial charge in [-0.15, -0.1) is 0 Å². The van der Waals surface area contributed by atoms with Crippen LogP contribution in [0, 0.1) is 0 Å². The number of hydrogen-bond donors (Lipinski definition) is 0. The van der Waals surface area contributed by atoms with Gasteiger partial charge in [-0.3, -0.25) is 9.97 Å². The van der Waals surface area contributed by atoms with Crippen molar-refractivity contribution < 1.29 is 0 Å². The molecular weight excluding hydrogens is 655 g/mol. The van der Waals surface area contributed by atoms with E-state index in [0.29, 0.717) is 0 Å². The van der Waals surface area contributed by atoms with Gasteiger partial charge in [0.05, 0.1) is 11.6 Å². The molecule has 0 saturated heterocycles. The van der Waals surface area contributed by atoms with Crippen LogP contribution < -0.4 is 26.9 Å². The molecule has 0 fully saturated rings. The van der Waals surface area contributed by atoms with Gasteiger partial charge in [0.25, 0.3) is 6.71 Å². The van der Waals surface area contributed by atoms with E-state index in [1.807, 2.05) is 24.5 Å². The Hall–Kier alpha value is -6.10. The molecule has 7 aromatic carbocycles. The van der Waals surface area contributed by atoms with E-state index in [9.17, 15) is 0 Å². The van der Waals surface area contributed by atoms with E-state index >= 15 is 0 Å². The Morgan fingerprint density at radius 2 is 1.15 bits per heavy atom. The Kier molecular flexibility index (Phi) is 7.48. The molecule has 2 nitrogen and oxygen atoms in total. The summed E-state index contributed by atoms with van der Waals surface area (Å²) < 4.78 is 0. The SMILES string of the molecule is C[Si]1(C)c2cc(B(c3ccccc3)c3ccccn3)ccc2-c2cc3c4ccccc4c(C(c4ccccc4)c4ccccn4)cc3c3cccc1c23. The number of pyridine rings is 2. The van der Waals surface area contributed by atoms with Gasteiger partial charge in [-0.05, 0) is 101 Å². The molecule has 0 saturated carbocycles. The van der Waals surface area contributed by atoms with Gasteiger partial charge in [0, 0.05) is 18.0 Å². The molecule has 10 rings (SSSR count). The van der Waals surface area contributed by atoms with Crippen LogP contribution in [0.15, 0.2) is 182 Å². The predicted molar refractivity (Wildman–Crippen MR) is 228 cm³/mol. The van der Waals surface area contributed by atoms with Gasteiger partial charge in [0.15, 0.2) is 0 Å². The second-order valence-electron chi connectivity index (χ2n) is 14.9. The molecule has 1 aliphatic rings. The van der Waals surface area contributed by atoms with Gasteiger partial charge < -0.3 is 0 Å². The van der Waals surface area contributed by atoms with Crippen molar-refractivity contribution in [1.29, 1.82) is 0 Å². The summed E-state index contributed by atoms with van der Waals surface area (Å²) in [6, 6.07) is 62.6. The molecule has 0 spiro atoms. The minimum absolute atomic E-state index is 0.000794. The summed E-state index contributed by atoms with van der Waals surface area (Å²) in [6.45, 7) is 5.13. The zero-order valence-electron chi connectivity index (χ0n) is 29.9. The summed E-state index contributed by atoms with van der Waals surface area (Å²) >= 11 is 0. The Balaban J connectivity index is 1.24. The first-order valence-corrected chi connectivity index (χ1v) is 21.6. The molecule has 1 aliphatic heterocycles. The van der Waals surface area contributed by atoms with Gasteiger partial charge in [0.2, 0.25) is 0 Å². The average Bonchev–Trinajstić information content (AvgIpc) is 3.22. The maximum absolute atomic E-state index is 4.94. The highest BCUT2D eigenvalue weighted by atomic mass is 28.3. The van der Waals surface area contributed by atoms with E-state index in [4.69, 9.17) is 9.97 Å². The maximum atomic E-state index is 4.94. The predicted octanol–water partition coefficient (Wildman–Crippen LogP) is 8.44. The highest BCUT2D eigenvalue weighted by molar-refractivity contribution is 7.04. The number of fused-ring (bicyclic) bond motifs is 6. The number of hydrogen-bond acceptors (Lipinski definition) is 2. The van der Waals surface area contributed by atoms with Crippen LogP contribution >= 0.6 is 0 Å². The van der Waals surface area contributed by atoms with Crippen molar-refractivity contribution in [1.82, 2.24) is 9.97 Å². The molecule has 53 heavy (non-hydrogen) atoms. The van der Waals surface area contributed by atoms with Crippen LogP contribution in [0.25, 0.3) is 43.4 Å². The molecule has 1 atom stereocenters. The Labute approximate surface area is 311 Å². The lowest BCUT2D eigenvalue weighted by Crippen LogP contribution is -2.59. The average molecular weight is 693 g/mol. The molecule has 1 unspecified atom stereocenters. The first kappa shape index (κ1) is 31.6. The topological polar surface area (TPSA) is 25.8 Å². The third kappa shape index (κ3) is 5.09. The lowest BCUT2D eigenvalue weighted by molar-refractivity contribution is 0.929. The third-order valence-electron chi connectivity index (χ3n) is 11.6. The number of rotatable bonds is 6. The van der Waals surface area contributed by atoms with Gasteiger partial charge in [-0.2, -0.15) is 0 Å². The number of aromatic nitrogens is 2. The molecular formula is C49H37BN2Si. The Bertz CT molecular complexity index is 2730. The summed E-state index contributed by atoms with van der Waals surface area (Å²) in [5.74, 6) is -0.000794. The highest BCUT2D eigenvalue weighted by Gasteiger charge is 2.37. The van der Waals surface area contributed by atoms with Crippen molar-refractivity contribution in [3.8, 4) is 11.1 Å². The highest BCUT2D eigenvalue weighted by Crippen LogP contribution is 2.44. The summed E-state index contributed by atoms with van der Waals surface area (Å²) in [5.41, 5.74) is 9.93. The zero-order valence-corrected chi connectivity index (χ0v) is 30.9. The van der Waals surface area contributed by atoms with Crippen LogP contribution in [0.5, 0.6) is 0 Å². The molecule has 250 valence electrons. The van der Waals surface area contributed by atoms with Gasteiger partial charge in [0.1, 0.15) is 8.07 Å². The van der Waals surface area contributed by atoms with Crippen LogP contribution in [0.2, 0.25) is 13.1 Å². The molecule has 0 bridgehead atoms. The van der Waals surface area contributed by atoms with Crippen LogP contribution in [0.4, 0.5) is 0 Å². The van der Waals surface area contributed by atoms with E-state index in [0.717, 1.165) is 11.3 Å². The molecule has 0 amide bonds. The van der Waals surface area contributed by atoms with Crippen molar-refractivity contribution in [2.45, 2.75) is 19.0 Å². The molecule has 9 aromatic rings. The fraction of sp³-hybridized carbons (Fsp3) is 0.0612.